The average molecular weight is 437 g/mol. The first kappa shape index (κ1) is 20.4. The summed E-state index contributed by atoms with van der Waals surface area (Å²) in [6, 6.07) is 13.2. The smallest absolute Gasteiger partial charge is 0.270 e. The molecule has 1 heterocycles. The lowest BCUT2D eigenvalue weighted by molar-refractivity contribution is 0.271. The van der Waals surface area contributed by atoms with Crippen LogP contribution >= 0.6 is 23.8 Å². The molecule has 0 spiro atoms. The fraction of sp³-hybridized carbons (Fsp3) is 0.222. The Labute approximate surface area is 172 Å². The van der Waals surface area contributed by atoms with Gasteiger partial charge in [-0.1, -0.05) is 23.7 Å². The third-order valence-corrected chi connectivity index (χ3v) is 6.05. The third kappa shape index (κ3) is 4.36. The molecular formula is C18H17ClN4O3S2. The zero-order valence-electron chi connectivity index (χ0n) is 14.9. The lowest BCUT2D eigenvalue weighted by atomic mass is 10.3. The molecular weight excluding hydrogens is 420 g/mol. The summed E-state index contributed by atoms with van der Waals surface area (Å²) < 4.78 is 35.2. The number of fused-ring (bicyclic) bond motifs is 1. The van der Waals surface area contributed by atoms with E-state index in [9.17, 15) is 8.42 Å². The second kappa shape index (κ2) is 8.32. The lowest BCUT2D eigenvalue weighted by Gasteiger charge is -2.15. The van der Waals surface area contributed by atoms with Crippen molar-refractivity contribution < 1.29 is 12.8 Å². The first-order chi connectivity index (χ1) is 13.3. The van der Waals surface area contributed by atoms with Gasteiger partial charge < -0.3 is 4.42 Å². The Balaban J connectivity index is 1.92. The molecule has 1 N–H and O–H groups in total. The van der Waals surface area contributed by atoms with E-state index >= 15 is 0 Å². The molecule has 28 heavy (non-hydrogen) atoms. The van der Waals surface area contributed by atoms with E-state index in [4.69, 9.17) is 33.5 Å². The van der Waals surface area contributed by atoms with Gasteiger partial charge in [0.25, 0.3) is 14.9 Å². The van der Waals surface area contributed by atoms with Gasteiger partial charge >= 0.3 is 0 Å². The molecule has 0 aliphatic heterocycles. The van der Waals surface area contributed by atoms with Crippen molar-refractivity contribution in [1.82, 2.24) is 9.47 Å². The molecule has 3 aromatic rings. The molecule has 0 saturated carbocycles. The zero-order valence-corrected chi connectivity index (χ0v) is 17.3. The third-order valence-electron chi connectivity index (χ3n) is 4.06. The molecule has 0 bridgehead atoms. The quantitative estimate of drug-likeness (QED) is 0.557. The number of oxazole rings is 1. The minimum absolute atomic E-state index is 0.0358. The molecule has 0 amide bonds. The fourth-order valence-electron chi connectivity index (χ4n) is 2.65. The number of benzene rings is 2. The SMILES string of the molecule is CN(CCC#N)Cn1c(=S)oc2cc(S(=O)(=O)Nc3ccccc3Cl)ccc21. The van der Waals surface area contributed by atoms with Crippen molar-refractivity contribution in [3.63, 3.8) is 0 Å². The highest BCUT2D eigenvalue weighted by atomic mass is 35.5. The van der Waals surface area contributed by atoms with Crippen molar-refractivity contribution in [2.45, 2.75) is 18.0 Å². The summed E-state index contributed by atoms with van der Waals surface area (Å²) in [5.74, 6) is 0. The van der Waals surface area contributed by atoms with E-state index in [1.165, 1.54) is 12.1 Å². The van der Waals surface area contributed by atoms with Crippen LogP contribution in [0.4, 0.5) is 5.69 Å². The normalized spacial score (nSPS) is 11.6. The number of para-hydroxylation sites is 1. The van der Waals surface area contributed by atoms with E-state index in [0.717, 1.165) is 0 Å². The van der Waals surface area contributed by atoms with E-state index in [1.807, 2.05) is 11.9 Å². The minimum atomic E-state index is -3.85. The zero-order chi connectivity index (χ0) is 20.3. The maximum absolute atomic E-state index is 12.7. The number of aromatic nitrogens is 1. The van der Waals surface area contributed by atoms with Crippen LogP contribution in [0.1, 0.15) is 6.42 Å². The second-order valence-electron chi connectivity index (χ2n) is 6.14. The molecule has 7 nitrogen and oxygen atoms in total. The number of anilines is 1. The topological polar surface area (TPSA) is 91.3 Å². The molecule has 146 valence electrons. The van der Waals surface area contributed by atoms with Gasteiger partial charge in [0.05, 0.1) is 33.9 Å². The predicted molar refractivity (Wildman–Crippen MR) is 110 cm³/mol. The summed E-state index contributed by atoms with van der Waals surface area (Å²) >= 11 is 11.3. The van der Waals surface area contributed by atoms with E-state index in [1.54, 1.807) is 34.9 Å². The van der Waals surface area contributed by atoms with Crippen molar-refractivity contribution in [3.8, 4) is 6.07 Å². The van der Waals surface area contributed by atoms with Crippen LogP contribution in [0.5, 0.6) is 0 Å². The standard InChI is InChI=1S/C18H17ClN4O3S2/c1-22(10-4-9-20)12-23-16-8-7-13(11-17(16)26-18(23)27)28(24,25)21-15-6-3-2-5-14(15)19/h2-3,5-8,11,21H,4,10,12H2,1H3. The monoisotopic (exact) mass is 436 g/mol. The first-order valence-corrected chi connectivity index (χ1v) is 10.5. The molecule has 0 aliphatic carbocycles. The summed E-state index contributed by atoms with van der Waals surface area (Å²) in [4.78, 5) is 2.19. The fourth-order valence-corrected chi connectivity index (χ4v) is 4.23. The highest BCUT2D eigenvalue weighted by Gasteiger charge is 2.18. The number of nitrogens with one attached hydrogen (secondary N) is 1. The van der Waals surface area contributed by atoms with E-state index in [0.29, 0.717) is 41.4 Å². The van der Waals surface area contributed by atoms with Gasteiger partial charge in [-0.2, -0.15) is 5.26 Å². The molecule has 0 saturated heterocycles. The Morgan fingerprint density at radius 2 is 2.07 bits per heavy atom. The average Bonchev–Trinajstić information content (AvgIpc) is 2.96. The van der Waals surface area contributed by atoms with E-state index in [-0.39, 0.29) is 9.73 Å². The van der Waals surface area contributed by atoms with Crippen LogP contribution in [0.15, 0.2) is 51.8 Å². The Morgan fingerprint density at radius 3 is 2.79 bits per heavy atom. The van der Waals surface area contributed by atoms with Crippen LogP contribution in [-0.4, -0.2) is 31.5 Å². The maximum atomic E-state index is 12.7. The summed E-state index contributed by atoms with van der Waals surface area (Å²) in [6.07, 6.45) is 0.399. The van der Waals surface area contributed by atoms with Gasteiger partial charge in [-0.05, 0) is 43.5 Å². The van der Waals surface area contributed by atoms with Gasteiger partial charge in [-0.15, -0.1) is 0 Å². The molecule has 0 atom stereocenters. The highest BCUT2D eigenvalue weighted by Crippen LogP contribution is 2.26. The Hall–Kier alpha value is -2.38. The summed E-state index contributed by atoms with van der Waals surface area (Å²) in [5, 5.41) is 9.01. The molecule has 3 rings (SSSR count). The molecule has 0 aliphatic rings. The van der Waals surface area contributed by atoms with Crippen molar-refractivity contribution >= 4 is 50.6 Å². The summed E-state index contributed by atoms with van der Waals surface area (Å²) in [6.45, 7) is 1.01. The van der Waals surface area contributed by atoms with Gasteiger partial charge in [0.2, 0.25) is 0 Å². The molecule has 0 unspecified atom stereocenters. The second-order valence-corrected chi connectivity index (χ2v) is 8.58. The number of nitriles is 1. The van der Waals surface area contributed by atoms with Crippen molar-refractivity contribution in [3.05, 3.63) is 52.3 Å². The van der Waals surface area contributed by atoms with Crippen molar-refractivity contribution in [2.75, 3.05) is 18.3 Å². The number of nitrogens with zero attached hydrogens (tertiary/aromatic N) is 3. The van der Waals surface area contributed by atoms with Crippen LogP contribution in [0, 0.1) is 16.2 Å². The van der Waals surface area contributed by atoms with Crippen LogP contribution in [0.25, 0.3) is 11.1 Å². The molecule has 1 aromatic heterocycles. The van der Waals surface area contributed by atoms with Crippen LogP contribution in [0.3, 0.4) is 0 Å². The Bertz CT molecular complexity index is 1210. The van der Waals surface area contributed by atoms with E-state index in [2.05, 4.69) is 10.8 Å². The van der Waals surface area contributed by atoms with Gasteiger partial charge in [-0.3, -0.25) is 14.2 Å². The highest BCUT2D eigenvalue weighted by molar-refractivity contribution is 7.92. The number of sulfonamides is 1. The largest absolute Gasteiger partial charge is 0.429 e. The van der Waals surface area contributed by atoms with Crippen LogP contribution in [-0.2, 0) is 16.7 Å². The lowest BCUT2D eigenvalue weighted by Crippen LogP contribution is -2.22. The molecule has 10 heteroatoms. The Kier molecular flexibility index (Phi) is 6.05. The van der Waals surface area contributed by atoms with Crippen molar-refractivity contribution in [2.24, 2.45) is 0 Å². The van der Waals surface area contributed by atoms with Gasteiger partial charge in [-0.25, -0.2) is 8.42 Å². The number of hydrogen-bond acceptors (Lipinski definition) is 6. The predicted octanol–water partition coefficient (Wildman–Crippen LogP) is 4.22. The van der Waals surface area contributed by atoms with Gasteiger partial charge in [0.1, 0.15) is 0 Å². The molecule has 0 fully saturated rings. The minimum Gasteiger partial charge on any atom is -0.429 e. The van der Waals surface area contributed by atoms with Crippen LogP contribution in [0.2, 0.25) is 5.02 Å². The molecule has 0 radical (unpaired) electrons. The van der Waals surface area contributed by atoms with Crippen molar-refractivity contribution in [1.29, 1.82) is 5.26 Å². The first-order valence-electron chi connectivity index (χ1n) is 8.28. The number of rotatable bonds is 7. The Morgan fingerprint density at radius 1 is 1.32 bits per heavy atom. The van der Waals surface area contributed by atoms with Gasteiger partial charge in [0, 0.05) is 19.0 Å². The summed E-state index contributed by atoms with van der Waals surface area (Å²) in [5.41, 5.74) is 1.33. The number of halogens is 1. The van der Waals surface area contributed by atoms with E-state index < -0.39 is 10.0 Å². The van der Waals surface area contributed by atoms with Gasteiger partial charge in [0.15, 0.2) is 5.58 Å². The molecule has 2 aromatic carbocycles. The van der Waals surface area contributed by atoms with Crippen LogP contribution < -0.4 is 4.72 Å². The number of hydrogen-bond donors (Lipinski definition) is 1. The maximum Gasteiger partial charge on any atom is 0.270 e. The summed E-state index contributed by atoms with van der Waals surface area (Å²) in [7, 11) is -1.98.